The molecule has 0 N–H and O–H groups in total. The van der Waals surface area contributed by atoms with E-state index >= 15 is 0 Å². The van der Waals surface area contributed by atoms with Crippen molar-refractivity contribution in [1.82, 2.24) is 0 Å². The largest absolute Gasteiger partial charge is 0.416 e. The van der Waals surface area contributed by atoms with Gasteiger partial charge in [0, 0.05) is 0 Å². The van der Waals surface area contributed by atoms with E-state index in [1.54, 1.807) is 12.1 Å². The molecule has 0 unspecified atom stereocenters. The predicted octanol–water partition coefficient (Wildman–Crippen LogP) is 4.92. The monoisotopic (exact) mass is 289 g/mol. The van der Waals surface area contributed by atoms with Gasteiger partial charge in [0.1, 0.15) is 0 Å². The van der Waals surface area contributed by atoms with Crippen LogP contribution in [0.25, 0.3) is 0 Å². The zero-order valence-electron chi connectivity index (χ0n) is 11.5. The van der Waals surface area contributed by atoms with E-state index in [1.807, 2.05) is 19.1 Å². The van der Waals surface area contributed by atoms with Gasteiger partial charge in [0.15, 0.2) is 0 Å². The van der Waals surface area contributed by atoms with Crippen molar-refractivity contribution >= 4 is 0 Å². The lowest BCUT2D eigenvalue weighted by Crippen LogP contribution is -2.05. The van der Waals surface area contributed by atoms with Crippen molar-refractivity contribution in [3.8, 4) is 6.07 Å². The third-order valence-electron chi connectivity index (χ3n) is 3.43. The smallest absolute Gasteiger partial charge is 0.192 e. The zero-order chi connectivity index (χ0) is 15.5. The lowest BCUT2D eigenvalue weighted by molar-refractivity contribution is -0.137. The zero-order valence-corrected chi connectivity index (χ0v) is 11.5. The van der Waals surface area contributed by atoms with Crippen molar-refractivity contribution in [2.75, 3.05) is 0 Å². The highest BCUT2D eigenvalue weighted by Crippen LogP contribution is 2.30. The van der Waals surface area contributed by atoms with Crippen molar-refractivity contribution in [2.24, 2.45) is 0 Å². The average Bonchev–Trinajstić information content (AvgIpc) is 2.47. The van der Waals surface area contributed by atoms with Crippen LogP contribution in [0.15, 0.2) is 48.5 Å². The van der Waals surface area contributed by atoms with Gasteiger partial charge in [-0.05, 0) is 47.7 Å². The van der Waals surface area contributed by atoms with Crippen LogP contribution in [0.1, 0.15) is 35.1 Å². The van der Waals surface area contributed by atoms with Crippen LogP contribution in [0.5, 0.6) is 0 Å². The molecule has 0 fully saturated rings. The SMILES string of the molecule is C[C@H](Cc1ccc(C(F)(F)F)cc1)c1ccc(C#N)cc1. The van der Waals surface area contributed by atoms with E-state index in [9.17, 15) is 13.2 Å². The molecule has 0 aliphatic heterocycles. The number of alkyl halides is 3. The Balaban J connectivity index is 2.08. The maximum Gasteiger partial charge on any atom is 0.416 e. The number of hydrogen-bond donors (Lipinski definition) is 0. The first kappa shape index (κ1) is 15.1. The van der Waals surface area contributed by atoms with Crippen LogP contribution < -0.4 is 0 Å². The summed E-state index contributed by atoms with van der Waals surface area (Å²) in [5.41, 5.74) is 1.89. The van der Waals surface area contributed by atoms with E-state index < -0.39 is 11.7 Å². The molecular formula is C17H14F3N. The van der Waals surface area contributed by atoms with Crippen molar-refractivity contribution in [2.45, 2.75) is 25.4 Å². The van der Waals surface area contributed by atoms with Crippen molar-refractivity contribution in [1.29, 1.82) is 5.26 Å². The summed E-state index contributed by atoms with van der Waals surface area (Å²) >= 11 is 0. The van der Waals surface area contributed by atoms with E-state index in [0.717, 1.165) is 23.3 Å². The van der Waals surface area contributed by atoms with Gasteiger partial charge in [-0.3, -0.25) is 0 Å². The quantitative estimate of drug-likeness (QED) is 0.786. The Morgan fingerprint density at radius 2 is 1.57 bits per heavy atom. The minimum Gasteiger partial charge on any atom is -0.192 e. The molecule has 108 valence electrons. The third-order valence-corrected chi connectivity index (χ3v) is 3.43. The summed E-state index contributed by atoms with van der Waals surface area (Å²) in [4.78, 5) is 0. The second-order valence-corrected chi connectivity index (χ2v) is 5.03. The maximum absolute atomic E-state index is 12.5. The van der Waals surface area contributed by atoms with Crippen LogP contribution in [-0.2, 0) is 12.6 Å². The Kier molecular flexibility index (Phi) is 4.32. The Hall–Kier alpha value is -2.28. The highest BCUT2D eigenvalue weighted by Gasteiger charge is 2.29. The average molecular weight is 289 g/mol. The molecule has 2 aromatic rings. The number of hydrogen-bond acceptors (Lipinski definition) is 1. The van der Waals surface area contributed by atoms with E-state index in [2.05, 4.69) is 6.07 Å². The molecule has 0 heterocycles. The minimum absolute atomic E-state index is 0.175. The lowest BCUT2D eigenvalue weighted by atomic mass is 9.93. The van der Waals surface area contributed by atoms with Crippen LogP contribution in [0.3, 0.4) is 0 Å². The Labute approximate surface area is 121 Å². The highest BCUT2D eigenvalue weighted by molar-refractivity contribution is 5.34. The Morgan fingerprint density at radius 1 is 1.00 bits per heavy atom. The van der Waals surface area contributed by atoms with Crippen molar-refractivity contribution in [3.63, 3.8) is 0 Å². The summed E-state index contributed by atoms with van der Waals surface area (Å²) in [7, 11) is 0. The minimum atomic E-state index is -4.29. The topological polar surface area (TPSA) is 23.8 Å². The van der Waals surface area contributed by atoms with Crippen molar-refractivity contribution in [3.05, 3.63) is 70.8 Å². The molecule has 0 saturated carbocycles. The molecule has 0 saturated heterocycles. The summed E-state index contributed by atoms with van der Waals surface area (Å²) in [6, 6.07) is 14.6. The summed E-state index contributed by atoms with van der Waals surface area (Å²) in [5.74, 6) is 0.175. The lowest BCUT2D eigenvalue weighted by Gasteiger charge is -2.13. The van der Waals surface area contributed by atoms with Crippen LogP contribution in [0, 0.1) is 11.3 Å². The van der Waals surface area contributed by atoms with Gasteiger partial charge in [0.25, 0.3) is 0 Å². The summed E-state index contributed by atoms with van der Waals surface area (Å²) in [6.07, 6.45) is -3.64. The first-order chi connectivity index (χ1) is 9.90. The summed E-state index contributed by atoms with van der Waals surface area (Å²) in [5, 5.41) is 8.75. The van der Waals surface area contributed by atoms with E-state index in [-0.39, 0.29) is 5.92 Å². The van der Waals surface area contributed by atoms with Gasteiger partial charge in [-0.1, -0.05) is 31.2 Å². The molecule has 21 heavy (non-hydrogen) atoms. The molecule has 2 rings (SSSR count). The van der Waals surface area contributed by atoms with Gasteiger partial charge in [-0.2, -0.15) is 18.4 Å². The van der Waals surface area contributed by atoms with Gasteiger partial charge < -0.3 is 0 Å². The molecular weight excluding hydrogens is 275 g/mol. The number of halogens is 3. The number of benzene rings is 2. The van der Waals surface area contributed by atoms with E-state index in [1.165, 1.54) is 12.1 Å². The predicted molar refractivity (Wildman–Crippen MR) is 74.7 cm³/mol. The fourth-order valence-electron chi connectivity index (χ4n) is 2.19. The normalized spacial score (nSPS) is 12.7. The molecule has 2 aromatic carbocycles. The molecule has 1 atom stereocenters. The highest BCUT2D eigenvalue weighted by atomic mass is 19.4. The third kappa shape index (κ3) is 3.85. The Morgan fingerprint density at radius 3 is 2.05 bits per heavy atom. The molecule has 0 bridgehead atoms. The van der Waals surface area contributed by atoms with Crippen LogP contribution in [0.2, 0.25) is 0 Å². The van der Waals surface area contributed by atoms with Gasteiger partial charge >= 0.3 is 6.18 Å². The molecule has 0 spiro atoms. The first-order valence-corrected chi connectivity index (χ1v) is 6.56. The molecule has 0 aliphatic rings. The number of nitrogens with zero attached hydrogens (tertiary/aromatic N) is 1. The second kappa shape index (κ2) is 6.01. The maximum atomic E-state index is 12.5. The van der Waals surface area contributed by atoms with Gasteiger partial charge in [-0.25, -0.2) is 0 Å². The van der Waals surface area contributed by atoms with E-state index in [0.29, 0.717) is 12.0 Å². The fraction of sp³-hybridized carbons (Fsp3) is 0.235. The number of nitriles is 1. The molecule has 4 heteroatoms. The van der Waals surface area contributed by atoms with Crippen LogP contribution in [-0.4, -0.2) is 0 Å². The number of rotatable bonds is 3. The van der Waals surface area contributed by atoms with Gasteiger partial charge in [0.05, 0.1) is 17.2 Å². The van der Waals surface area contributed by atoms with Crippen molar-refractivity contribution < 1.29 is 13.2 Å². The summed E-state index contributed by atoms with van der Waals surface area (Å²) in [6.45, 7) is 2.01. The van der Waals surface area contributed by atoms with Gasteiger partial charge in [-0.15, -0.1) is 0 Å². The molecule has 0 aliphatic carbocycles. The molecule has 1 nitrogen and oxygen atoms in total. The van der Waals surface area contributed by atoms with Crippen LogP contribution >= 0.6 is 0 Å². The first-order valence-electron chi connectivity index (χ1n) is 6.56. The van der Waals surface area contributed by atoms with Gasteiger partial charge in [0.2, 0.25) is 0 Å². The second-order valence-electron chi connectivity index (χ2n) is 5.03. The fourth-order valence-corrected chi connectivity index (χ4v) is 2.19. The molecule has 0 radical (unpaired) electrons. The molecule has 0 amide bonds. The van der Waals surface area contributed by atoms with Crippen LogP contribution in [0.4, 0.5) is 13.2 Å². The van der Waals surface area contributed by atoms with E-state index in [4.69, 9.17) is 5.26 Å². The Bertz CT molecular complexity index is 634. The molecule has 0 aromatic heterocycles. The summed E-state index contributed by atoms with van der Waals surface area (Å²) < 4.78 is 37.5. The standard InChI is InChI=1S/C17H14F3N/c1-12(15-6-2-14(11-21)3-7-15)10-13-4-8-16(9-5-13)17(18,19)20/h2-9,12H,10H2,1H3/t12-/m1/s1.